The Morgan fingerprint density at radius 1 is 1.43 bits per heavy atom. The Morgan fingerprint density at radius 2 is 2.14 bits per heavy atom. The molecule has 0 aliphatic rings. The van der Waals surface area contributed by atoms with Crippen molar-refractivity contribution in [2.75, 3.05) is 6.61 Å². The van der Waals surface area contributed by atoms with Gasteiger partial charge in [-0.1, -0.05) is 19.9 Å². The number of halogens is 1. The highest BCUT2D eigenvalue weighted by molar-refractivity contribution is 5.33. The molecule has 0 aromatic heterocycles. The largest absolute Gasteiger partial charge is 0.493 e. The zero-order valence-corrected chi connectivity index (χ0v) is 8.59. The summed E-state index contributed by atoms with van der Waals surface area (Å²) in [6, 6.07) is 4.43. The molecule has 0 heterocycles. The maximum atomic E-state index is 12.9. The average Bonchev–Trinajstić information content (AvgIpc) is 2.15. The number of hydrogen-bond donors (Lipinski definition) is 1. The van der Waals surface area contributed by atoms with E-state index < -0.39 is 0 Å². The topological polar surface area (TPSA) is 35.2 Å². The molecule has 78 valence electrons. The quantitative estimate of drug-likeness (QED) is 0.804. The summed E-state index contributed by atoms with van der Waals surface area (Å²) < 4.78 is 18.3. The van der Waals surface area contributed by atoms with Crippen LogP contribution in [-0.4, -0.2) is 6.61 Å². The summed E-state index contributed by atoms with van der Waals surface area (Å²) in [5, 5.41) is 0. The van der Waals surface area contributed by atoms with Crippen LogP contribution in [0, 0.1) is 11.7 Å². The molecule has 0 spiro atoms. The number of nitrogens with two attached hydrogens (primary N) is 1. The maximum Gasteiger partial charge on any atom is 0.126 e. The number of ether oxygens (including phenoxy) is 1. The van der Waals surface area contributed by atoms with Crippen molar-refractivity contribution in [1.82, 2.24) is 0 Å². The summed E-state index contributed by atoms with van der Waals surface area (Å²) in [6.45, 7) is 5.03. The fourth-order valence-electron chi connectivity index (χ4n) is 1.09. The third-order valence-corrected chi connectivity index (χ3v) is 1.82. The smallest absolute Gasteiger partial charge is 0.126 e. The molecule has 0 aliphatic carbocycles. The van der Waals surface area contributed by atoms with Gasteiger partial charge in [-0.2, -0.15) is 0 Å². The highest BCUT2D eigenvalue weighted by Crippen LogP contribution is 2.19. The van der Waals surface area contributed by atoms with Crippen molar-refractivity contribution in [3.8, 4) is 5.75 Å². The minimum atomic E-state index is -0.291. The predicted octanol–water partition coefficient (Wildman–Crippen LogP) is 2.32. The van der Waals surface area contributed by atoms with Crippen LogP contribution in [0.5, 0.6) is 5.75 Å². The van der Waals surface area contributed by atoms with Gasteiger partial charge in [0.15, 0.2) is 0 Å². The van der Waals surface area contributed by atoms with E-state index in [9.17, 15) is 4.39 Å². The molecule has 0 amide bonds. The molecule has 2 N–H and O–H groups in total. The molecule has 0 unspecified atom stereocenters. The summed E-state index contributed by atoms with van der Waals surface area (Å²) in [6.07, 6.45) is 0. The van der Waals surface area contributed by atoms with Crippen molar-refractivity contribution >= 4 is 0 Å². The van der Waals surface area contributed by atoms with Gasteiger partial charge in [0.2, 0.25) is 0 Å². The molecule has 0 saturated carbocycles. The first kappa shape index (κ1) is 11.0. The Kier molecular flexibility index (Phi) is 3.89. The highest BCUT2D eigenvalue weighted by atomic mass is 19.1. The van der Waals surface area contributed by atoms with E-state index in [2.05, 4.69) is 0 Å². The van der Waals surface area contributed by atoms with Crippen molar-refractivity contribution in [3.63, 3.8) is 0 Å². The summed E-state index contributed by atoms with van der Waals surface area (Å²) in [7, 11) is 0. The summed E-state index contributed by atoms with van der Waals surface area (Å²) in [5.74, 6) is 0.686. The minimum Gasteiger partial charge on any atom is -0.493 e. The van der Waals surface area contributed by atoms with E-state index in [0.717, 1.165) is 5.56 Å². The molecule has 1 rings (SSSR count). The summed E-state index contributed by atoms with van der Waals surface area (Å²) >= 11 is 0. The lowest BCUT2D eigenvalue weighted by molar-refractivity contribution is 0.267. The number of rotatable bonds is 4. The zero-order valence-electron chi connectivity index (χ0n) is 8.59. The molecule has 1 aromatic carbocycles. The van der Waals surface area contributed by atoms with Crippen LogP contribution in [0.3, 0.4) is 0 Å². The molecule has 14 heavy (non-hydrogen) atoms. The van der Waals surface area contributed by atoms with Gasteiger partial charge in [0.05, 0.1) is 6.61 Å². The van der Waals surface area contributed by atoms with Crippen LogP contribution in [-0.2, 0) is 6.54 Å². The van der Waals surface area contributed by atoms with Crippen LogP contribution < -0.4 is 10.5 Å². The van der Waals surface area contributed by atoms with Gasteiger partial charge in [0.25, 0.3) is 0 Å². The van der Waals surface area contributed by atoms with Crippen LogP contribution in [0.15, 0.2) is 18.2 Å². The normalized spacial score (nSPS) is 10.6. The lowest BCUT2D eigenvalue weighted by Crippen LogP contribution is -2.08. The molecule has 2 nitrogen and oxygen atoms in total. The Hall–Kier alpha value is -1.09. The van der Waals surface area contributed by atoms with E-state index in [4.69, 9.17) is 10.5 Å². The van der Waals surface area contributed by atoms with E-state index in [1.165, 1.54) is 12.1 Å². The first-order chi connectivity index (χ1) is 6.63. The first-order valence-corrected chi connectivity index (χ1v) is 4.74. The van der Waals surface area contributed by atoms with Crippen LogP contribution in [0.4, 0.5) is 4.39 Å². The molecule has 0 bridgehead atoms. The summed E-state index contributed by atoms with van der Waals surface area (Å²) in [4.78, 5) is 0. The summed E-state index contributed by atoms with van der Waals surface area (Å²) in [5.41, 5.74) is 6.34. The van der Waals surface area contributed by atoms with Crippen molar-refractivity contribution in [2.24, 2.45) is 11.7 Å². The van der Waals surface area contributed by atoms with E-state index >= 15 is 0 Å². The van der Waals surface area contributed by atoms with E-state index in [1.807, 2.05) is 13.8 Å². The van der Waals surface area contributed by atoms with E-state index in [1.54, 1.807) is 6.07 Å². The minimum absolute atomic E-state index is 0.291. The predicted molar refractivity (Wildman–Crippen MR) is 54.6 cm³/mol. The number of benzene rings is 1. The van der Waals surface area contributed by atoms with Gasteiger partial charge in [-0.25, -0.2) is 4.39 Å². The lowest BCUT2D eigenvalue weighted by Gasteiger charge is -2.12. The fourth-order valence-corrected chi connectivity index (χ4v) is 1.09. The molecule has 0 radical (unpaired) electrons. The fraction of sp³-hybridized carbons (Fsp3) is 0.455. The Labute approximate surface area is 83.9 Å². The van der Waals surface area contributed by atoms with Gasteiger partial charge in [0, 0.05) is 18.2 Å². The first-order valence-electron chi connectivity index (χ1n) is 4.74. The zero-order chi connectivity index (χ0) is 10.6. The molecular formula is C11H16FNO. The van der Waals surface area contributed by atoms with Crippen molar-refractivity contribution in [2.45, 2.75) is 20.4 Å². The van der Waals surface area contributed by atoms with Gasteiger partial charge < -0.3 is 10.5 Å². The Bertz CT molecular complexity index is 299. The molecule has 0 fully saturated rings. The second-order valence-electron chi connectivity index (χ2n) is 3.66. The SMILES string of the molecule is CC(C)COc1cc(F)ccc1CN. The van der Waals surface area contributed by atoms with Gasteiger partial charge in [-0.15, -0.1) is 0 Å². The van der Waals surface area contributed by atoms with E-state index in [0.29, 0.717) is 24.8 Å². The molecule has 1 aromatic rings. The van der Waals surface area contributed by atoms with Crippen LogP contribution in [0.25, 0.3) is 0 Å². The van der Waals surface area contributed by atoms with Crippen molar-refractivity contribution in [3.05, 3.63) is 29.6 Å². The lowest BCUT2D eigenvalue weighted by atomic mass is 10.2. The van der Waals surface area contributed by atoms with Crippen LogP contribution in [0.2, 0.25) is 0 Å². The monoisotopic (exact) mass is 197 g/mol. The highest BCUT2D eigenvalue weighted by Gasteiger charge is 2.04. The van der Waals surface area contributed by atoms with Gasteiger partial charge in [-0.05, 0) is 12.0 Å². The Balaban J connectivity index is 2.77. The molecule has 0 atom stereocenters. The van der Waals surface area contributed by atoms with Crippen LogP contribution >= 0.6 is 0 Å². The molecule has 0 saturated heterocycles. The second-order valence-corrected chi connectivity index (χ2v) is 3.66. The van der Waals surface area contributed by atoms with Gasteiger partial charge >= 0.3 is 0 Å². The Morgan fingerprint density at radius 3 is 2.71 bits per heavy atom. The maximum absolute atomic E-state index is 12.9. The van der Waals surface area contributed by atoms with Crippen molar-refractivity contribution in [1.29, 1.82) is 0 Å². The number of hydrogen-bond acceptors (Lipinski definition) is 2. The second kappa shape index (κ2) is 4.96. The van der Waals surface area contributed by atoms with Gasteiger partial charge in [0.1, 0.15) is 11.6 Å². The van der Waals surface area contributed by atoms with Crippen molar-refractivity contribution < 1.29 is 9.13 Å². The standard InChI is InChI=1S/C11H16FNO/c1-8(2)7-14-11-5-10(12)4-3-9(11)6-13/h3-5,8H,6-7,13H2,1-2H3. The molecule has 0 aliphatic heterocycles. The molecular weight excluding hydrogens is 181 g/mol. The average molecular weight is 197 g/mol. The van der Waals surface area contributed by atoms with Gasteiger partial charge in [-0.3, -0.25) is 0 Å². The van der Waals surface area contributed by atoms with E-state index in [-0.39, 0.29) is 5.82 Å². The third-order valence-electron chi connectivity index (χ3n) is 1.82. The molecule has 3 heteroatoms. The third kappa shape index (κ3) is 3.00. The van der Waals surface area contributed by atoms with Crippen LogP contribution in [0.1, 0.15) is 19.4 Å².